The zero-order chi connectivity index (χ0) is 34.3. The van der Waals surface area contributed by atoms with Crippen LogP contribution in [0.15, 0.2) is 36.4 Å². The molecule has 0 atom stereocenters. The van der Waals surface area contributed by atoms with E-state index in [0.29, 0.717) is 43.2 Å². The minimum Gasteiger partial charge on any atom is -0.494 e. The number of aliphatic hydroxyl groups is 2. The van der Waals surface area contributed by atoms with Crippen molar-refractivity contribution in [3.05, 3.63) is 58.7 Å². The van der Waals surface area contributed by atoms with Crippen LogP contribution in [0, 0.1) is 5.41 Å². The van der Waals surface area contributed by atoms with Gasteiger partial charge in [0.15, 0.2) is 0 Å². The number of urea groups is 1. The molecule has 1 aliphatic carbocycles. The molecule has 1 saturated carbocycles. The average molecular weight is 666 g/mol. The first-order valence-corrected chi connectivity index (χ1v) is 16.7. The Labute approximate surface area is 280 Å². The maximum atomic E-state index is 13.2. The highest BCUT2D eigenvalue weighted by Gasteiger charge is 2.45. The number of aliphatic hydroxyl groups excluding tert-OH is 2. The van der Waals surface area contributed by atoms with Crippen molar-refractivity contribution in [2.75, 3.05) is 64.6 Å². The van der Waals surface area contributed by atoms with Crippen LogP contribution in [0.1, 0.15) is 76.8 Å². The summed E-state index contributed by atoms with van der Waals surface area (Å²) < 4.78 is 11.0. The summed E-state index contributed by atoms with van der Waals surface area (Å²) in [6.45, 7) is 5.08. The molecule has 3 fully saturated rings. The van der Waals surface area contributed by atoms with Gasteiger partial charge in [-0.2, -0.15) is 0 Å². The second-order valence-electron chi connectivity index (χ2n) is 12.9. The Hall–Kier alpha value is -4.20. The van der Waals surface area contributed by atoms with E-state index in [0.717, 1.165) is 61.3 Å². The summed E-state index contributed by atoms with van der Waals surface area (Å²) in [4.78, 5) is 54.4. The Morgan fingerprint density at radius 3 is 2.33 bits per heavy atom. The van der Waals surface area contributed by atoms with Gasteiger partial charge in [0.05, 0.1) is 38.5 Å². The number of hydrogen-bond donors (Lipinski definition) is 5. The summed E-state index contributed by atoms with van der Waals surface area (Å²) in [7, 11) is 1.41. The van der Waals surface area contributed by atoms with Gasteiger partial charge in [-0.3, -0.25) is 14.5 Å². The highest BCUT2D eigenvalue weighted by Crippen LogP contribution is 2.45. The number of carbonyl (C=O) groups excluding carboxylic acids is 4. The second-order valence-corrected chi connectivity index (χ2v) is 12.9. The number of amides is 4. The molecular weight excluding hydrogens is 618 g/mol. The van der Waals surface area contributed by atoms with E-state index in [1.54, 1.807) is 24.3 Å². The molecule has 1 spiro atoms. The number of nitrogens with one attached hydrogen (secondary N) is 3. The molecule has 0 bridgehead atoms. The minimum absolute atomic E-state index is 0.0840. The SMILES string of the molecule is CCOc1cc(C(=O)OC)c(C2CC2)cc1CN1CCC2(CC1)CC(=O)N(c1ccc(C(=O)NCCNC(=O)NC(CO)CO)cc1)C2. The number of ether oxygens (including phenoxy) is 2. The topological polar surface area (TPSA) is 170 Å². The van der Waals surface area contributed by atoms with E-state index in [2.05, 4.69) is 26.9 Å². The van der Waals surface area contributed by atoms with Gasteiger partial charge < -0.3 is 40.5 Å². The monoisotopic (exact) mass is 665 g/mol. The quantitative estimate of drug-likeness (QED) is 0.150. The van der Waals surface area contributed by atoms with E-state index >= 15 is 0 Å². The van der Waals surface area contributed by atoms with Crippen molar-refractivity contribution < 1.29 is 38.9 Å². The molecule has 0 radical (unpaired) electrons. The summed E-state index contributed by atoms with van der Waals surface area (Å²) in [5.74, 6) is 0.556. The summed E-state index contributed by atoms with van der Waals surface area (Å²) >= 11 is 0. The Kier molecular flexibility index (Phi) is 11.6. The van der Waals surface area contributed by atoms with Crippen LogP contribution >= 0.6 is 0 Å². The predicted molar refractivity (Wildman–Crippen MR) is 178 cm³/mol. The lowest BCUT2D eigenvalue weighted by Crippen LogP contribution is -2.47. The number of hydrogen-bond acceptors (Lipinski definition) is 9. The number of rotatable bonds is 14. The minimum atomic E-state index is -0.747. The van der Waals surface area contributed by atoms with Crippen molar-refractivity contribution in [1.29, 1.82) is 0 Å². The number of anilines is 1. The van der Waals surface area contributed by atoms with Crippen LogP contribution in [-0.2, 0) is 16.1 Å². The van der Waals surface area contributed by atoms with Crippen LogP contribution in [0.3, 0.4) is 0 Å². The normalized spacial score (nSPS) is 17.4. The molecule has 2 aromatic rings. The summed E-state index contributed by atoms with van der Waals surface area (Å²) in [6, 6.07) is 9.65. The molecule has 5 N–H and O–H groups in total. The molecule has 3 aliphatic rings. The Morgan fingerprint density at radius 1 is 1.02 bits per heavy atom. The predicted octanol–water partition coefficient (Wildman–Crippen LogP) is 2.15. The van der Waals surface area contributed by atoms with Crippen molar-refractivity contribution in [3.63, 3.8) is 0 Å². The average Bonchev–Trinajstić information content (AvgIpc) is 3.90. The molecule has 4 amide bonds. The number of piperidine rings is 1. The standard InChI is InChI=1S/C35H47N5O8/c1-3-48-30-17-29(33(45)47-2)28(23-4-5-23)16-25(30)19-39-14-10-35(11-15-39)18-31(43)40(22-35)27-8-6-24(7-9-27)32(44)36-12-13-37-34(46)38-26(20-41)21-42/h6-9,16-17,23,26,41-42H,3-5,10-15,18-22H2,1-2H3,(H,36,44)(H2,37,38,46). The van der Waals surface area contributed by atoms with E-state index in [-0.39, 0.29) is 49.5 Å². The Morgan fingerprint density at radius 2 is 1.71 bits per heavy atom. The van der Waals surface area contributed by atoms with Gasteiger partial charge in [-0.25, -0.2) is 9.59 Å². The number of likely N-dealkylation sites (tertiary alicyclic amines) is 1. The van der Waals surface area contributed by atoms with Gasteiger partial charge in [-0.15, -0.1) is 0 Å². The number of carbonyl (C=O) groups is 4. The number of benzene rings is 2. The maximum absolute atomic E-state index is 13.2. The van der Waals surface area contributed by atoms with Crippen LogP contribution in [0.25, 0.3) is 0 Å². The molecule has 2 saturated heterocycles. The second kappa shape index (κ2) is 15.8. The molecule has 5 rings (SSSR count). The highest BCUT2D eigenvalue weighted by atomic mass is 16.5. The van der Waals surface area contributed by atoms with E-state index in [1.807, 2.05) is 17.9 Å². The van der Waals surface area contributed by atoms with Crippen molar-refractivity contribution in [3.8, 4) is 5.75 Å². The lowest BCUT2D eigenvalue weighted by molar-refractivity contribution is -0.118. The molecule has 0 aromatic heterocycles. The van der Waals surface area contributed by atoms with Crippen LogP contribution < -0.4 is 25.6 Å². The van der Waals surface area contributed by atoms with Crippen LogP contribution in [-0.4, -0.2) is 105 Å². The molecule has 2 aliphatic heterocycles. The zero-order valence-electron chi connectivity index (χ0n) is 27.8. The third kappa shape index (κ3) is 8.44. The highest BCUT2D eigenvalue weighted by molar-refractivity contribution is 5.98. The van der Waals surface area contributed by atoms with Gasteiger partial charge in [0, 0.05) is 49.4 Å². The van der Waals surface area contributed by atoms with Crippen LogP contribution in [0.4, 0.5) is 10.5 Å². The van der Waals surface area contributed by atoms with Crippen LogP contribution in [0.2, 0.25) is 0 Å². The van der Waals surface area contributed by atoms with Gasteiger partial charge >= 0.3 is 12.0 Å². The van der Waals surface area contributed by atoms with E-state index in [4.69, 9.17) is 19.7 Å². The zero-order valence-corrected chi connectivity index (χ0v) is 27.8. The Balaban J connectivity index is 1.13. The van der Waals surface area contributed by atoms with Crippen molar-refractivity contribution in [2.45, 2.75) is 57.5 Å². The molecule has 0 unspecified atom stereocenters. The molecular formula is C35H47N5O8. The molecule has 2 aromatic carbocycles. The van der Waals surface area contributed by atoms with E-state index in [1.165, 1.54) is 7.11 Å². The Bertz CT molecular complexity index is 1470. The first-order chi connectivity index (χ1) is 23.2. The van der Waals surface area contributed by atoms with E-state index in [9.17, 15) is 19.2 Å². The summed E-state index contributed by atoms with van der Waals surface area (Å²) in [6.07, 6.45) is 4.42. The third-order valence-corrected chi connectivity index (χ3v) is 9.50. The van der Waals surface area contributed by atoms with E-state index < -0.39 is 12.1 Å². The summed E-state index contributed by atoms with van der Waals surface area (Å²) in [5, 5.41) is 25.8. The first kappa shape index (κ1) is 35.1. The fourth-order valence-electron chi connectivity index (χ4n) is 6.60. The first-order valence-electron chi connectivity index (χ1n) is 16.7. The number of nitrogens with zero attached hydrogens (tertiary/aromatic N) is 2. The van der Waals surface area contributed by atoms with Gasteiger partial charge in [0.2, 0.25) is 5.91 Å². The summed E-state index contributed by atoms with van der Waals surface area (Å²) in [5.41, 5.74) is 3.81. The molecule has 2 heterocycles. The molecule has 13 heteroatoms. The molecule has 260 valence electrons. The third-order valence-electron chi connectivity index (χ3n) is 9.50. The number of methoxy groups -OCH3 is 1. The van der Waals surface area contributed by atoms with Crippen molar-refractivity contribution >= 4 is 29.5 Å². The van der Waals surface area contributed by atoms with Crippen molar-refractivity contribution in [1.82, 2.24) is 20.9 Å². The van der Waals surface area contributed by atoms with Gasteiger partial charge in [-0.1, -0.05) is 0 Å². The lowest BCUT2D eigenvalue weighted by Gasteiger charge is -2.39. The fourth-order valence-corrected chi connectivity index (χ4v) is 6.60. The smallest absolute Gasteiger partial charge is 0.338 e. The lowest BCUT2D eigenvalue weighted by atomic mass is 9.77. The van der Waals surface area contributed by atoms with Gasteiger partial charge in [0.1, 0.15) is 5.75 Å². The van der Waals surface area contributed by atoms with Crippen LogP contribution in [0.5, 0.6) is 5.75 Å². The molecule has 13 nitrogen and oxygen atoms in total. The number of esters is 1. The fraction of sp³-hybridized carbons (Fsp3) is 0.543. The largest absolute Gasteiger partial charge is 0.494 e. The molecule has 48 heavy (non-hydrogen) atoms. The maximum Gasteiger partial charge on any atom is 0.338 e. The van der Waals surface area contributed by atoms with Crippen molar-refractivity contribution in [2.24, 2.45) is 5.41 Å². The van der Waals surface area contributed by atoms with Gasteiger partial charge in [0.25, 0.3) is 5.91 Å². The van der Waals surface area contributed by atoms with Gasteiger partial charge in [-0.05, 0) is 99.0 Å².